The fraction of sp³-hybridized carbons (Fsp3) is 0.200. The van der Waals surface area contributed by atoms with Crippen molar-refractivity contribution in [3.8, 4) is 0 Å². The minimum atomic E-state index is -0.284. The van der Waals surface area contributed by atoms with Crippen molar-refractivity contribution in [1.82, 2.24) is 4.98 Å². The third-order valence-electron chi connectivity index (χ3n) is 3.45. The van der Waals surface area contributed by atoms with E-state index in [0.717, 1.165) is 29.7 Å². The van der Waals surface area contributed by atoms with E-state index in [2.05, 4.69) is 4.98 Å². The summed E-state index contributed by atoms with van der Waals surface area (Å²) in [7, 11) is 0. The molecule has 0 saturated carbocycles. The van der Waals surface area contributed by atoms with E-state index in [9.17, 15) is 4.79 Å². The molecule has 0 aliphatic heterocycles. The Labute approximate surface area is 118 Å². The topological polar surface area (TPSA) is 56.2 Å². The van der Waals surface area contributed by atoms with Gasteiger partial charge >= 0.3 is 5.63 Å². The van der Waals surface area contributed by atoms with Gasteiger partial charge in [0, 0.05) is 11.0 Å². The molecule has 0 spiro atoms. The maximum Gasteiger partial charge on any atom is 0.348 e. The summed E-state index contributed by atoms with van der Waals surface area (Å²) >= 11 is 1.61. The highest BCUT2D eigenvalue weighted by Gasteiger charge is 2.21. The molecule has 0 saturated heterocycles. The summed E-state index contributed by atoms with van der Waals surface area (Å²) in [4.78, 5) is 18.6. The van der Waals surface area contributed by atoms with Gasteiger partial charge in [0.1, 0.15) is 16.0 Å². The highest BCUT2D eigenvalue weighted by atomic mass is 32.1. The van der Waals surface area contributed by atoms with Crippen LogP contribution in [-0.4, -0.2) is 4.98 Å². The van der Waals surface area contributed by atoms with Gasteiger partial charge in [-0.05, 0) is 43.0 Å². The number of nitrogens with zero attached hydrogens (tertiary/aromatic N) is 1. The number of furan rings is 1. The number of aryl methyl sites for hydroxylation is 2. The fourth-order valence-corrected chi connectivity index (χ4v) is 3.81. The zero-order valence-electron chi connectivity index (χ0n) is 10.6. The zero-order valence-corrected chi connectivity index (χ0v) is 11.4. The molecule has 0 radical (unpaired) electrons. The van der Waals surface area contributed by atoms with E-state index < -0.39 is 0 Å². The smallest absolute Gasteiger partial charge is 0.348 e. The molecule has 0 unspecified atom stereocenters. The van der Waals surface area contributed by atoms with Crippen LogP contribution in [0.25, 0.3) is 22.4 Å². The second-order valence-corrected chi connectivity index (χ2v) is 5.81. The van der Waals surface area contributed by atoms with Gasteiger partial charge in [-0.3, -0.25) is 0 Å². The summed E-state index contributed by atoms with van der Waals surface area (Å²) in [6.45, 7) is 0. The van der Waals surface area contributed by atoms with Gasteiger partial charge in [0.2, 0.25) is 5.89 Å². The molecule has 0 amide bonds. The van der Waals surface area contributed by atoms with Crippen molar-refractivity contribution in [2.75, 3.05) is 0 Å². The third-order valence-corrected chi connectivity index (χ3v) is 4.63. The molecule has 1 aliphatic rings. The first-order chi connectivity index (χ1) is 9.81. The Morgan fingerprint density at radius 3 is 3.10 bits per heavy atom. The number of aromatic nitrogens is 1. The minimum Gasteiger partial charge on any atom is -0.465 e. The summed E-state index contributed by atoms with van der Waals surface area (Å²) in [6, 6.07) is 3.63. The predicted molar refractivity (Wildman–Crippen MR) is 77.8 cm³/mol. The highest BCUT2D eigenvalue weighted by molar-refractivity contribution is 7.18. The molecule has 5 heteroatoms. The minimum absolute atomic E-state index is 0.284. The van der Waals surface area contributed by atoms with Crippen molar-refractivity contribution in [2.24, 2.45) is 0 Å². The van der Waals surface area contributed by atoms with Gasteiger partial charge in [0.15, 0.2) is 0 Å². The molecule has 0 N–H and O–H groups in total. The van der Waals surface area contributed by atoms with Gasteiger partial charge in [-0.15, -0.1) is 11.3 Å². The quantitative estimate of drug-likeness (QED) is 0.723. The van der Waals surface area contributed by atoms with Crippen LogP contribution in [-0.2, 0) is 12.8 Å². The van der Waals surface area contributed by atoms with Crippen molar-refractivity contribution < 1.29 is 8.83 Å². The Kier molecular flexibility index (Phi) is 2.60. The largest absolute Gasteiger partial charge is 0.465 e. The molecule has 100 valence electrons. The van der Waals surface area contributed by atoms with Gasteiger partial charge in [-0.2, -0.15) is 0 Å². The molecular formula is C15H11NO3S. The lowest BCUT2D eigenvalue weighted by Crippen LogP contribution is -2.02. The van der Waals surface area contributed by atoms with Crippen LogP contribution in [0.5, 0.6) is 0 Å². The molecule has 3 heterocycles. The summed E-state index contributed by atoms with van der Waals surface area (Å²) < 4.78 is 10.5. The van der Waals surface area contributed by atoms with Crippen molar-refractivity contribution in [3.05, 3.63) is 50.9 Å². The van der Waals surface area contributed by atoms with E-state index in [-0.39, 0.29) is 5.63 Å². The normalized spacial score (nSPS) is 14.4. The van der Waals surface area contributed by atoms with Gasteiger partial charge in [-0.25, -0.2) is 9.78 Å². The first-order valence-corrected chi connectivity index (χ1v) is 7.30. The average molecular weight is 285 g/mol. The molecule has 0 bridgehead atoms. The van der Waals surface area contributed by atoms with Crippen LogP contribution in [0.1, 0.15) is 28.5 Å². The Bertz CT molecular complexity index is 855. The van der Waals surface area contributed by atoms with Crippen LogP contribution >= 0.6 is 11.3 Å². The van der Waals surface area contributed by atoms with Crippen molar-refractivity contribution >= 4 is 33.7 Å². The van der Waals surface area contributed by atoms with Crippen LogP contribution in [0.4, 0.5) is 0 Å². The maximum absolute atomic E-state index is 12.1. The monoisotopic (exact) mass is 285 g/mol. The van der Waals surface area contributed by atoms with Crippen LogP contribution in [0.2, 0.25) is 0 Å². The summed E-state index contributed by atoms with van der Waals surface area (Å²) in [5, 5.41) is 0.678. The van der Waals surface area contributed by atoms with Crippen LogP contribution < -0.4 is 5.63 Å². The molecule has 20 heavy (non-hydrogen) atoms. The second-order valence-electron chi connectivity index (χ2n) is 4.73. The number of hydrogen-bond donors (Lipinski definition) is 0. The summed E-state index contributed by atoms with van der Waals surface area (Å²) in [5.41, 5.74) is 0.862. The third kappa shape index (κ3) is 1.82. The van der Waals surface area contributed by atoms with Gasteiger partial charge in [-0.1, -0.05) is 0 Å². The molecule has 3 aromatic heterocycles. The van der Waals surface area contributed by atoms with Crippen LogP contribution in [0.15, 0.2) is 32.0 Å². The van der Waals surface area contributed by atoms with Crippen LogP contribution in [0.3, 0.4) is 0 Å². The highest BCUT2D eigenvalue weighted by Crippen LogP contribution is 2.34. The van der Waals surface area contributed by atoms with E-state index in [4.69, 9.17) is 8.83 Å². The van der Waals surface area contributed by atoms with E-state index in [1.165, 1.54) is 4.88 Å². The number of hydrogen-bond acceptors (Lipinski definition) is 5. The van der Waals surface area contributed by atoms with E-state index in [1.54, 1.807) is 35.8 Å². The second kappa shape index (κ2) is 4.45. The van der Waals surface area contributed by atoms with Crippen molar-refractivity contribution in [1.29, 1.82) is 0 Å². The lowest BCUT2D eigenvalue weighted by atomic mass is 10.2. The average Bonchev–Trinajstić information content (AvgIpc) is 3.12. The Morgan fingerprint density at radius 1 is 1.30 bits per heavy atom. The standard InChI is InChI=1S/C15H11NO3S/c17-15-13-10-4-1-5-11(10)20-14(13)16-12(19-15)7-6-9-3-2-8-18-9/h2-3,6-8H,1,4-5H2/b7-6-. The van der Waals surface area contributed by atoms with E-state index in [1.807, 2.05) is 6.07 Å². The molecule has 4 nitrogen and oxygen atoms in total. The first kappa shape index (κ1) is 11.7. The number of rotatable bonds is 2. The van der Waals surface area contributed by atoms with Crippen molar-refractivity contribution in [3.63, 3.8) is 0 Å². The predicted octanol–water partition coefficient (Wildman–Crippen LogP) is 3.50. The molecular weight excluding hydrogens is 274 g/mol. The summed E-state index contributed by atoms with van der Waals surface area (Å²) in [6.07, 6.45) is 8.12. The van der Waals surface area contributed by atoms with Gasteiger partial charge < -0.3 is 8.83 Å². The first-order valence-electron chi connectivity index (χ1n) is 6.48. The SMILES string of the molecule is O=c1oc(/C=C\c2ccco2)nc2sc3c(c12)CCC3. The molecule has 0 aromatic carbocycles. The molecule has 4 rings (SSSR count). The van der Waals surface area contributed by atoms with Crippen LogP contribution in [0, 0.1) is 0 Å². The number of fused-ring (bicyclic) bond motifs is 3. The Hall–Kier alpha value is -2.14. The number of thiophene rings is 1. The molecule has 1 aliphatic carbocycles. The lowest BCUT2D eigenvalue weighted by molar-refractivity contribution is 0.490. The Morgan fingerprint density at radius 2 is 2.25 bits per heavy atom. The fourth-order valence-electron chi connectivity index (χ4n) is 2.56. The van der Waals surface area contributed by atoms with E-state index >= 15 is 0 Å². The van der Waals surface area contributed by atoms with Gasteiger partial charge in [0.05, 0.1) is 6.26 Å². The Balaban J connectivity index is 1.81. The molecule has 0 atom stereocenters. The lowest BCUT2D eigenvalue weighted by Gasteiger charge is -1.94. The maximum atomic E-state index is 12.1. The zero-order chi connectivity index (χ0) is 13.5. The molecule has 0 fully saturated rings. The molecule has 3 aromatic rings. The van der Waals surface area contributed by atoms with Gasteiger partial charge in [0.25, 0.3) is 0 Å². The van der Waals surface area contributed by atoms with Crippen molar-refractivity contribution in [2.45, 2.75) is 19.3 Å². The van der Waals surface area contributed by atoms with E-state index in [0.29, 0.717) is 17.0 Å². The summed E-state index contributed by atoms with van der Waals surface area (Å²) in [5.74, 6) is 1.02.